The van der Waals surface area contributed by atoms with Crippen molar-refractivity contribution in [3.63, 3.8) is 0 Å². The molecule has 1 fully saturated rings. The molecule has 0 aromatic heterocycles. The normalized spacial score (nSPS) is 19.0. The summed E-state index contributed by atoms with van der Waals surface area (Å²) in [6.07, 6.45) is 4.96. The van der Waals surface area contributed by atoms with Crippen molar-refractivity contribution in [2.24, 2.45) is 0 Å². The van der Waals surface area contributed by atoms with Crippen LogP contribution >= 0.6 is 0 Å². The number of nitrogens with two attached hydrogens (primary N) is 1. The molecule has 2 rings (SSSR count). The van der Waals surface area contributed by atoms with Gasteiger partial charge in [-0.2, -0.15) is 4.39 Å². The first kappa shape index (κ1) is 12.1. The fourth-order valence-electron chi connectivity index (χ4n) is 2.30. The molecule has 1 aliphatic carbocycles. The molecule has 0 heterocycles. The monoisotopic (exact) mass is 241 g/mol. The lowest BCUT2D eigenvalue weighted by molar-refractivity contribution is 0.0449. The number of ether oxygens (including phenoxy) is 1. The second-order valence-electron chi connectivity index (χ2n) is 4.89. The molecule has 0 spiro atoms. The Hall–Kier alpha value is -1.32. The van der Waals surface area contributed by atoms with E-state index in [1.165, 1.54) is 12.5 Å². The van der Waals surface area contributed by atoms with Gasteiger partial charge in [-0.15, -0.1) is 0 Å². The first-order valence-electron chi connectivity index (χ1n) is 5.94. The number of benzene rings is 1. The van der Waals surface area contributed by atoms with Gasteiger partial charge in [-0.3, -0.25) is 0 Å². The summed E-state index contributed by atoms with van der Waals surface area (Å²) in [4.78, 5) is 0. The van der Waals surface area contributed by atoms with Crippen LogP contribution in [-0.2, 0) is 0 Å². The SMILES string of the molecule is CC1(Oc2c(N)ccc(F)c2F)CCCCC1. The van der Waals surface area contributed by atoms with Gasteiger partial charge in [-0.25, -0.2) is 4.39 Å². The first-order valence-corrected chi connectivity index (χ1v) is 5.94. The lowest BCUT2D eigenvalue weighted by Gasteiger charge is -2.34. The molecule has 2 nitrogen and oxygen atoms in total. The lowest BCUT2D eigenvalue weighted by atomic mass is 9.86. The Kier molecular flexibility index (Phi) is 3.22. The van der Waals surface area contributed by atoms with Gasteiger partial charge in [0.15, 0.2) is 11.6 Å². The zero-order valence-corrected chi connectivity index (χ0v) is 9.93. The van der Waals surface area contributed by atoms with Crippen LogP contribution in [0.15, 0.2) is 12.1 Å². The van der Waals surface area contributed by atoms with Crippen LogP contribution < -0.4 is 10.5 Å². The van der Waals surface area contributed by atoms with Gasteiger partial charge < -0.3 is 10.5 Å². The molecule has 0 radical (unpaired) electrons. The zero-order valence-electron chi connectivity index (χ0n) is 9.93. The summed E-state index contributed by atoms with van der Waals surface area (Å²) < 4.78 is 32.4. The molecule has 1 aromatic rings. The molecule has 1 aromatic carbocycles. The van der Waals surface area contributed by atoms with Crippen molar-refractivity contribution in [1.82, 2.24) is 0 Å². The quantitative estimate of drug-likeness (QED) is 0.802. The second kappa shape index (κ2) is 4.51. The van der Waals surface area contributed by atoms with Crippen LogP contribution in [0.2, 0.25) is 0 Å². The molecule has 0 atom stereocenters. The van der Waals surface area contributed by atoms with Crippen LogP contribution in [0.1, 0.15) is 39.0 Å². The number of hydrogen-bond donors (Lipinski definition) is 1. The van der Waals surface area contributed by atoms with Gasteiger partial charge in [0.1, 0.15) is 5.60 Å². The van der Waals surface area contributed by atoms with Crippen molar-refractivity contribution < 1.29 is 13.5 Å². The predicted molar refractivity (Wildman–Crippen MR) is 62.9 cm³/mol. The number of nitrogen functional groups attached to an aromatic ring is 1. The third-order valence-electron chi connectivity index (χ3n) is 3.34. The van der Waals surface area contributed by atoms with Crippen molar-refractivity contribution in [2.45, 2.75) is 44.6 Å². The van der Waals surface area contributed by atoms with Gasteiger partial charge in [0, 0.05) is 0 Å². The highest BCUT2D eigenvalue weighted by Crippen LogP contribution is 2.36. The molecule has 1 saturated carbocycles. The van der Waals surface area contributed by atoms with Gasteiger partial charge in [-0.1, -0.05) is 6.42 Å². The summed E-state index contributed by atoms with van der Waals surface area (Å²) in [5.74, 6) is -2.06. The highest BCUT2D eigenvalue weighted by atomic mass is 19.2. The average Bonchev–Trinajstić information content (AvgIpc) is 2.31. The highest BCUT2D eigenvalue weighted by Gasteiger charge is 2.31. The molecule has 4 heteroatoms. The number of hydrogen-bond acceptors (Lipinski definition) is 2. The Balaban J connectivity index is 2.26. The number of anilines is 1. The van der Waals surface area contributed by atoms with Crippen LogP contribution in [0, 0.1) is 11.6 Å². The van der Waals surface area contributed by atoms with E-state index in [0.29, 0.717) is 0 Å². The summed E-state index contributed by atoms with van der Waals surface area (Å²) in [7, 11) is 0. The Morgan fingerprint density at radius 1 is 1.18 bits per heavy atom. The maximum atomic E-state index is 13.6. The average molecular weight is 241 g/mol. The van der Waals surface area contributed by atoms with Crippen LogP contribution in [0.5, 0.6) is 5.75 Å². The van der Waals surface area contributed by atoms with E-state index in [1.807, 2.05) is 6.92 Å². The molecule has 0 unspecified atom stereocenters. The molecule has 1 aliphatic rings. The molecular weight excluding hydrogens is 224 g/mol. The molecule has 94 valence electrons. The summed E-state index contributed by atoms with van der Waals surface area (Å²) in [6, 6.07) is 2.35. The van der Waals surface area contributed by atoms with Crippen molar-refractivity contribution in [3.8, 4) is 5.75 Å². The molecular formula is C13H17F2NO. The van der Waals surface area contributed by atoms with Gasteiger partial charge >= 0.3 is 0 Å². The van der Waals surface area contributed by atoms with E-state index in [4.69, 9.17) is 10.5 Å². The topological polar surface area (TPSA) is 35.2 Å². The third-order valence-corrected chi connectivity index (χ3v) is 3.34. The van der Waals surface area contributed by atoms with Gasteiger partial charge in [-0.05, 0) is 44.7 Å². The highest BCUT2D eigenvalue weighted by molar-refractivity contribution is 5.53. The summed E-state index contributed by atoms with van der Waals surface area (Å²) >= 11 is 0. The van der Waals surface area contributed by atoms with Crippen molar-refractivity contribution in [3.05, 3.63) is 23.8 Å². The Morgan fingerprint density at radius 3 is 2.47 bits per heavy atom. The van der Waals surface area contributed by atoms with E-state index in [0.717, 1.165) is 31.7 Å². The smallest absolute Gasteiger partial charge is 0.202 e. The minimum atomic E-state index is -0.989. The fraction of sp³-hybridized carbons (Fsp3) is 0.538. The number of halogens is 2. The minimum Gasteiger partial charge on any atom is -0.482 e. The maximum absolute atomic E-state index is 13.6. The predicted octanol–water partition coefficient (Wildman–Crippen LogP) is 3.65. The number of rotatable bonds is 2. The van der Waals surface area contributed by atoms with Crippen LogP contribution in [0.3, 0.4) is 0 Å². The van der Waals surface area contributed by atoms with Crippen LogP contribution in [0.25, 0.3) is 0 Å². The lowest BCUT2D eigenvalue weighted by Crippen LogP contribution is -2.35. The summed E-state index contributed by atoms with van der Waals surface area (Å²) in [5, 5.41) is 0. The minimum absolute atomic E-state index is 0.144. The van der Waals surface area contributed by atoms with E-state index in [-0.39, 0.29) is 11.4 Å². The van der Waals surface area contributed by atoms with E-state index in [9.17, 15) is 8.78 Å². The first-order chi connectivity index (χ1) is 8.02. The van der Waals surface area contributed by atoms with Gasteiger partial charge in [0.2, 0.25) is 5.82 Å². The Bertz CT molecular complexity index is 414. The molecule has 0 bridgehead atoms. The Labute approximate surface area is 99.8 Å². The zero-order chi connectivity index (χ0) is 12.5. The van der Waals surface area contributed by atoms with E-state index < -0.39 is 17.2 Å². The van der Waals surface area contributed by atoms with Crippen molar-refractivity contribution in [1.29, 1.82) is 0 Å². The standard InChI is InChI=1S/C13H17F2NO/c1-13(7-3-2-4-8-13)17-12-10(16)6-5-9(14)11(12)15/h5-6H,2-4,7-8,16H2,1H3. The summed E-state index contributed by atoms with van der Waals surface area (Å²) in [5.41, 5.74) is 5.35. The van der Waals surface area contributed by atoms with Crippen molar-refractivity contribution in [2.75, 3.05) is 5.73 Å². The Morgan fingerprint density at radius 2 is 1.82 bits per heavy atom. The van der Waals surface area contributed by atoms with E-state index >= 15 is 0 Å². The van der Waals surface area contributed by atoms with Crippen molar-refractivity contribution >= 4 is 5.69 Å². The van der Waals surface area contributed by atoms with E-state index in [1.54, 1.807) is 0 Å². The molecule has 2 N–H and O–H groups in total. The fourth-order valence-corrected chi connectivity index (χ4v) is 2.30. The van der Waals surface area contributed by atoms with Crippen LogP contribution in [0.4, 0.5) is 14.5 Å². The van der Waals surface area contributed by atoms with Gasteiger partial charge in [0.25, 0.3) is 0 Å². The van der Waals surface area contributed by atoms with Gasteiger partial charge in [0.05, 0.1) is 5.69 Å². The molecule has 0 amide bonds. The maximum Gasteiger partial charge on any atom is 0.202 e. The van der Waals surface area contributed by atoms with Crippen LogP contribution in [-0.4, -0.2) is 5.60 Å². The second-order valence-corrected chi connectivity index (χ2v) is 4.89. The molecule has 17 heavy (non-hydrogen) atoms. The summed E-state index contributed by atoms with van der Waals surface area (Å²) in [6.45, 7) is 1.93. The third kappa shape index (κ3) is 2.51. The largest absolute Gasteiger partial charge is 0.482 e. The van der Waals surface area contributed by atoms with E-state index in [2.05, 4.69) is 0 Å². The molecule has 0 saturated heterocycles. The molecule has 0 aliphatic heterocycles.